The Labute approximate surface area is 56.8 Å². The molecule has 0 fully saturated rings. The fraction of sp³-hybridized carbons (Fsp3) is 0.200. The third-order valence-electron chi connectivity index (χ3n) is 1.31. The Kier molecular flexibility index (Phi) is 0.913. The van der Waals surface area contributed by atoms with Gasteiger partial charge in [0.1, 0.15) is 13.4 Å². The Hall–Kier alpha value is -1.52. The molecule has 52 valence electrons. The molecule has 0 aliphatic carbocycles. The molecule has 2 aromatic heterocycles. The van der Waals surface area contributed by atoms with Crippen LogP contribution in [0.25, 0.3) is 5.78 Å². The third-order valence-corrected chi connectivity index (χ3v) is 1.31. The molecule has 0 saturated carbocycles. The maximum absolute atomic E-state index is 4.92. The maximum atomic E-state index is 4.92. The van der Waals surface area contributed by atoms with Crippen LogP contribution in [0.15, 0.2) is 18.7 Å². The smallest absolute Gasteiger partial charge is 0.268 e. The largest absolute Gasteiger partial charge is 0.414 e. The molecule has 0 N–H and O–H groups in total. The second kappa shape index (κ2) is 1.73. The quantitative estimate of drug-likeness (QED) is 0.538. The minimum absolute atomic E-state index is 0.683. The third kappa shape index (κ3) is 0.513. The molecule has 0 aliphatic rings. The van der Waals surface area contributed by atoms with Crippen LogP contribution in [-0.2, 0) is 0 Å². The number of aromatic nitrogens is 4. The fourth-order valence-electron chi connectivity index (χ4n) is 0.841. The number of imidazole rings is 1. The SMILES string of the molecule is COn1ccn2cnnc12. The summed E-state index contributed by atoms with van der Waals surface area (Å²) in [6.45, 7) is 0. The van der Waals surface area contributed by atoms with E-state index in [1.165, 1.54) is 4.73 Å². The molecule has 0 radical (unpaired) electrons. The van der Waals surface area contributed by atoms with Gasteiger partial charge in [-0.3, -0.25) is 4.40 Å². The molecule has 2 heterocycles. The van der Waals surface area contributed by atoms with Crippen LogP contribution >= 0.6 is 0 Å². The second-order valence-corrected chi connectivity index (χ2v) is 1.84. The molecule has 5 heteroatoms. The normalized spacial score (nSPS) is 10.5. The minimum Gasteiger partial charge on any atom is -0.414 e. The van der Waals surface area contributed by atoms with Gasteiger partial charge in [-0.05, 0) is 0 Å². The minimum atomic E-state index is 0.683. The summed E-state index contributed by atoms with van der Waals surface area (Å²) in [6.07, 6.45) is 5.20. The van der Waals surface area contributed by atoms with Gasteiger partial charge in [0.25, 0.3) is 5.78 Å². The van der Waals surface area contributed by atoms with Gasteiger partial charge < -0.3 is 4.84 Å². The molecule has 0 aromatic carbocycles. The Morgan fingerprint density at radius 3 is 3.20 bits per heavy atom. The Morgan fingerprint density at radius 2 is 2.40 bits per heavy atom. The topological polar surface area (TPSA) is 44.4 Å². The highest BCUT2D eigenvalue weighted by Gasteiger charge is 1.99. The lowest BCUT2D eigenvalue weighted by atomic mass is 10.9. The number of hydrogen-bond acceptors (Lipinski definition) is 3. The molecular weight excluding hydrogens is 132 g/mol. The van der Waals surface area contributed by atoms with Gasteiger partial charge >= 0.3 is 0 Å². The maximum Gasteiger partial charge on any atom is 0.268 e. The zero-order chi connectivity index (χ0) is 6.97. The van der Waals surface area contributed by atoms with Crippen LogP contribution in [-0.4, -0.2) is 26.4 Å². The molecule has 5 nitrogen and oxygen atoms in total. The zero-order valence-electron chi connectivity index (χ0n) is 5.43. The van der Waals surface area contributed by atoms with Crippen molar-refractivity contribution in [3.63, 3.8) is 0 Å². The van der Waals surface area contributed by atoms with Crippen molar-refractivity contribution in [1.82, 2.24) is 19.3 Å². The zero-order valence-corrected chi connectivity index (χ0v) is 5.43. The van der Waals surface area contributed by atoms with E-state index in [2.05, 4.69) is 10.2 Å². The summed E-state index contributed by atoms with van der Waals surface area (Å²) in [6, 6.07) is 0. The van der Waals surface area contributed by atoms with E-state index in [0.29, 0.717) is 5.78 Å². The summed E-state index contributed by atoms with van der Waals surface area (Å²) >= 11 is 0. The molecule has 0 atom stereocenters. The van der Waals surface area contributed by atoms with Crippen LogP contribution in [0.2, 0.25) is 0 Å². The highest BCUT2D eigenvalue weighted by atomic mass is 16.6. The van der Waals surface area contributed by atoms with Gasteiger partial charge in [0.15, 0.2) is 0 Å². The lowest BCUT2D eigenvalue weighted by molar-refractivity contribution is 0.176. The molecule has 2 aromatic rings. The first-order valence-electron chi connectivity index (χ1n) is 2.83. The van der Waals surface area contributed by atoms with Gasteiger partial charge in [-0.15, -0.1) is 10.2 Å². The summed E-state index contributed by atoms with van der Waals surface area (Å²) in [5.41, 5.74) is 0. The van der Waals surface area contributed by atoms with Gasteiger partial charge in [-0.2, -0.15) is 4.73 Å². The Balaban J connectivity index is 2.76. The van der Waals surface area contributed by atoms with Crippen LogP contribution < -0.4 is 4.84 Å². The van der Waals surface area contributed by atoms with Crippen molar-refractivity contribution in [3.8, 4) is 0 Å². The molecule has 0 amide bonds. The van der Waals surface area contributed by atoms with E-state index in [0.717, 1.165) is 0 Å². The average Bonchev–Trinajstić information content (AvgIpc) is 2.44. The monoisotopic (exact) mass is 138 g/mol. The van der Waals surface area contributed by atoms with E-state index in [1.807, 2.05) is 6.20 Å². The lowest BCUT2D eigenvalue weighted by Gasteiger charge is -1.94. The van der Waals surface area contributed by atoms with E-state index >= 15 is 0 Å². The summed E-state index contributed by atoms with van der Waals surface area (Å²) in [5.74, 6) is 0.683. The fourth-order valence-corrected chi connectivity index (χ4v) is 0.841. The van der Waals surface area contributed by atoms with Crippen molar-refractivity contribution in [1.29, 1.82) is 0 Å². The number of hydrogen-bond donors (Lipinski definition) is 0. The van der Waals surface area contributed by atoms with Crippen molar-refractivity contribution in [2.75, 3.05) is 7.11 Å². The van der Waals surface area contributed by atoms with Crippen LogP contribution in [0.1, 0.15) is 0 Å². The van der Waals surface area contributed by atoms with Gasteiger partial charge in [0.2, 0.25) is 0 Å². The van der Waals surface area contributed by atoms with Crippen molar-refractivity contribution in [2.24, 2.45) is 0 Å². The van der Waals surface area contributed by atoms with E-state index in [1.54, 1.807) is 24.0 Å². The van der Waals surface area contributed by atoms with Gasteiger partial charge in [-0.1, -0.05) is 0 Å². The highest BCUT2D eigenvalue weighted by Crippen LogP contribution is 1.96. The summed E-state index contributed by atoms with van der Waals surface area (Å²) < 4.78 is 3.30. The summed E-state index contributed by atoms with van der Waals surface area (Å²) in [4.78, 5) is 4.92. The van der Waals surface area contributed by atoms with Crippen LogP contribution in [0.3, 0.4) is 0 Å². The standard InChI is InChI=1S/C5H6N4O/c1-10-9-3-2-8-4-6-7-5(8)9/h2-4H,1H3. The van der Waals surface area contributed by atoms with Crippen molar-refractivity contribution < 1.29 is 4.84 Å². The molecule has 0 aliphatic heterocycles. The molecule has 0 saturated heterocycles. The highest BCUT2D eigenvalue weighted by molar-refractivity contribution is 5.25. The molecule has 0 spiro atoms. The first-order valence-corrected chi connectivity index (χ1v) is 2.83. The second-order valence-electron chi connectivity index (χ2n) is 1.84. The molecule has 0 bridgehead atoms. The average molecular weight is 138 g/mol. The predicted octanol–water partition coefficient (Wildman–Crippen LogP) is -0.411. The summed E-state index contributed by atoms with van der Waals surface area (Å²) in [5, 5.41) is 7.48. The van der Waals surface area contributed by atoms with Crippen LogP contribution in [0.5, 0.6) is 0 Å². The van der Waals surface area contributed by atoms with Crippen molar-refractivity contribution in [3.05, 3.63) is 18.7 Å². The molecule has 2 rings (SSSR count). The molecule has 0 unspecified atom stereocenters. The first-order chi connectivity index (χ1) is 4.92. The Morgan fingerprint density at radius 1 is 1.50 bits per heavy atom. The van der Waals surface area contributed by atoms with Crippen molar-refractivity contribution >= 4 is 5.78 Å². The number of fused-ring (bicyclic) bond motifs is 1. The van der Waals surface area contributed by atoms with Gasteiger partial charge in [0, 0.05) is 6.20 Å². The molecular formula is C5H6N4O. The van der Waals surface area contributed by atoms with Crippen molar-refractivity contribution in [2.45, 2.75) is 0 Å². The number of nitrogens with zero attached hydrogens (tertiary/aromatic N) is 4. The molecule has 10 heavy (non-hydrogen) atoms. The van der Waals surface area contributed by atoms with Crippen LogP contribution in [0, 0.1) is 0 Å². The predicted molar refractivity (Wildman–Crippen MR) is 33.5 cm³/mol. The van der Waals surface area contributed by atoms with E-state index in [-0.39, 0.29) is 0 Å². The summed E-state index contributed by atoms with van der Waals surface area (Å²) in [7, 11) is 1.58. The van der Waals surface area contributed by atoms with E-state index in [9.17, 15) is 0 Å². The Bertz CT molecular complexity index is 336. The van der Waals surface area contributed by atoms with Crippen LogP contribution in [0.4, 0.5) is 0 Å². The first kappa shape index (κ1) is 5.28. The van der Waals surface area contributed by atoms with E-state index < -0.39 is 0 Å². The van der Waals surface area contributed by atoms with E-state index in [4.69, 9.17) is 4.84 Å². The lowest BCUT2D eigenvalue weighted by Crippen LogP contribution is -2.03. The number of rotatable bonds is 1. The van der Waals surface area contributed by atoms with Gasteiger partial charge in [0.05, 0.1) is 6.20 Å². The van der Waals surface area contributed by atoms with Gasteiger partial charge in [-0.25, -0.2) is 0 Å².